The third-order valence-corrected chi connectivity index (χ3v) is 4.43. The van der Waals surface area contributed by atoms with Gasteiger partial charge in [-0.05, 0) is 39.0 Å². The molecule has 1 heterocycles. The molecule has 0 aromatic rings. The number of ether oxygens (including phenoxy) is 1. The van der Waals surface area contributed by atoms with Gasteiger partial charge in [0.25, 0.3) is 0 Å². The van der Waals surface area contributed by atoms with Crippen LogP contribution in [0.1, 0.15) is 46.5 Å². The Morgan fingerprint density at radius 1 is 1.29 bits per heavy atom. The summed E-state index contributed by atoms with van der Waals surface area (Å²) < 4.78 is 5.33. The molecule has 1 N–H and O–H groups in total. The van der Waals surface area contributed by atoms with Crippen LogP contribution in [0.4, 0.5) is 4.79 Å². The van der Waals surface area contributed by atoms with Gasteiger partial charge in [-0.2, -0.15) is 0 Å². The van der Waals surface area contributed by atoms with Crippen molar-refractivity contribution in [3.63, 3.8) is 0 Å². The molecule has 1 amide bonds. The van der Waals surface area contributed by atoms with Gasteiger partial charge in [0, 0.05) is 25.9 Å². The van der Waals surface area contributed by atoms with Crippen LogP contribution < -0.4 is 0 Å². The van der Waals surface area contributed by atoms with E-state index in [0.717, 1.165) is 0 Å². The van der Waals surface area contributed by atoms with E-state index in [9.17, 15) is 19.5 Å². The number of likely N-dealkylation sites (tertiary alicyclic amines) is 1. The van der Waals surface area contributed by atoms with Crippen molar-refractivity contribution in [3.8, 4) is 0 Å². The van der Waals surface area contributed by atoms with Crippen LogP contribution in [0, 0.1) is 11.3 Å². The standard InChI is InChI=1S/C15H23NO5/c1-14(2,3)21-13(20)16-6-4-15(5-7-16)9-10(17)8-11(15)12(18)19/h11H,4-9H2,1-3H3,(H,18,19)/t11-/m1/s1. The summed E-state index contributed by atoms with van der Waals surface area (Å²) in [7, 11) is 0. The number of aliphatic carboxylic acids is 1. The molecule has 1 spiro atoms. The van der Waals surface area contributed by atoms with Gasteiger partial charge >= 0.3 is 12.1 Å². The molecule has 0 radical (unpaired) electrons. The lowest BCUT2D eigenvalue weighted by Crippen LogP contribution is -2.47. The van der Waals surface area contributed by atoms with E-state index >= 15 is 0 Å². The van der Waals surface area contributed by atoms with Crippen LogP contribution in [0.2, 0.25) is 0 Å². The second-order valence-electron chi connectivity index (χ2n) is 7.14. The summed E-state index contributed by atoms with van der Waals surface area (Å²) in [6.07, 6.45) is 1.19. The third-order valence-electron chi connectivity index (χ3n) is 4.43. The number of hydrogen-bond acceptors (Lipinski definition) is 4. The monoisotopic (exact) mass is 297 g/mol. The minimum absolute atomic E-state index is 0.0214. The predicted molar refractivity (Wildman–Crippen MR) is 74.8 cm³/mol. The molecule has 2 aliphatic rings. The van der Waals surface area contributed by atoms with Gasteiger partial charge in [0.15, 0.2) is 0 Å². The first-order valence-electron chi connectivity index (χ1n) is 7.35. The highest BCUT2D eigenvalue weighted by atomic mass is 16.6. The van der Waals surface area contributed by atoms with Crippen LogP contribution in [-0.4, -0.2) is 46.5 Å². The molecule has 1 aliphatic carbocycles. The van der Waals surface area contributed by atoms with E-state index in [4.69, 9.17) is 4.74 Å². The normalized spacial score (nSPS) is 25.2. The molecule has 2 fully saturated rings. The maximum absolute atomic E-state index is 12.0. The fraction of sp³-hybridized carbons (Fsp3) is 0.800. The molecule has 0 aromatic carbocycles. The van der Waals surface area contributed by atoms with Gasteiger partial charge in [-0.1, -0.05) is 0 Å². The van der Waals surface area contributed by atoms with Crippen LogP contribution in [0.3, 0.4) is 0 Å². The Balaban J connectivity index is 2.01. The van der Waals surface area contributed by atoms with Crippen molar-refractivity contribution in [3.05, 3.63) is 0 Å². The quantitative estimate of drug-likeness (QED) is 0.801. The maximum Gasteiger partial charge on any atom is 0.410 e. The first-order chi connectivity index (χ1) is 9.63. The first kappa shape index (κ1) is 15.8. The van der Waals surface area contributed by atoms with Gasteiger partial charge in [0.1, 0.15) is 11.4 Å². The van der Waals surface area contributed by atoms with E-state index in [2.05, 4.69) is 0 Å². The Kier molecular flexibility index (Phi) is 4.00. The number of piperidine rings is 1. The van der Waals surface area contributed by atoms with Gasteiger partial charge in [-0.3, -0.25) is 9.59 Å². The lowest BCUT2D eigenvalue weighted by molar-refractivity contribution is -0.146. The minimum Gasteiger partial charge on any atom is -0.481 e. The van der Waals surface area contributed by atoms with E-state index < -0.39 is 22.9 Å². The third kappa shape index (κ3) is 3.36. The highest BCUT2D eigenvalue weighted by Crippen LogP contribution is 2.49. The van der Waals surface area contributed by atoms with Crippen molar-refractivity contribution in [1.82, 2.24) is 4.90 Å². The number of ketones is 1. The maximum atomic E-state index is 12.0. The molecule has 0 bridgehead atoms. The van der Waals surface area contributed by atoms with Crippen LogP contribution >= 0.6 is 0 Å². The number of amides is 1. The molecule has 6 heteroatoms. The molecule has 0 aromatic heterocycles. The molecule has 1 saturated heterocycles. The summed E-state index contributed by atoms with van der Waals surface area (Å²) >= 11 is 0. The van der Waals surface area contributed by atoms with Crippen molar-refractivity contribution >= 4 is 17.8 Å². The minimum atomic E-state index is -0.897. The summed E-state index contributed by atoms with van der Waals surface area (Å²) in [5.74, 6) is -1.48. The summed E-state index contributed by atoms with van der Waals surface area (Å²) in [4.78, 5) is 36.7. The molecule has 21 heavy (non-hydrogen) atoms. The van der Waals surface area contributed by atoms with E-state index in [1.54, 1.807) is 4.90 Å². The fourth-order valence-corrected chi connectivity index (χ4v) is 3.37. The summed E-state index contributed by atoms with van der Waals surface area (Å²) in [6, 6.07) is 0. The summed E-state index contributed by atoms with van der Waals surface area (Å²) in [6.45, 7) is 6.34. The number of hydrogen-bond donors (Lipinski definition) is 1. The number of Topliss-reactive ketones (excluding diaryl/α,β-unsaturated/α-hetero) is 1. The SMILES string of the molecule is CC(C)(C)OC(=O)N1CCC2(CC1)CC(=O)C[C@@H]2C(=O)O. The topological polar surface area (TPSA) is 83.9 Å². The molecular weight excluding hydrogens is 274 g/mol. The van der Waals surface area contributed by atoms with Gasteiger partial charge < -0.3 is 14.7 Å². The number of carboxylic acid groups (broad SMARTS) is 1. The lowest BCUT2D eigenvalue weighted by Gasteiger charge is -2.41. The van der Waals surface area contributed by atoms with Crippen molar-refractivity contribution in [2.24, 2.45) is 11.3 Å². The average molecular weight is 297 g/mol. The van der Waals surface area contributed by atoms with Crippen molar-refractivity contribution in [2.45, 2.75) is 52.1 Å². The summed E-state index contributed by atoms with van der Waals surface area (Å²) in [5.41, 5.74) is -1.01. The van der Waals surface area contributed by atoms with E-state index in [1.165, 1.54) is 0 Å². The molecule has 1 atom stereocenters. The smallest absolute Gasteiger partial charge is 0.410 e. The number of nitrogens with zero attached hydrogens (tertiary/aromatic N) is 1. The van der Waals surface area contributed by atoms with E-state index in [0.29, 0.717) is 32.4 Å². The Bertz CT molecular complexity index is 457. The van der Waals surface area contributed by atoms with E-state index in [1.807, 2.05) is 20.8 Å². The van der Waals surface area contributed by atoms with Crippen LogP contribution in [0.15, 0.2) is 0 Å². The number of rotatable bonds is 1. The molecular formula is C15H23NO5. The zero-order valence-electron chi connectivity index (χ0n) is 12.8. The average Bonchev–Trinajstić information content (AvgIpc) is 2.65. The van der Waals surface area contributed by atoms with E-state index in [-0.39, 0.29) is 18.3 Å². The number of carbonyl (C=O) groups excluding carboxylic acids is 2. The second-order valence-corrected chi connectivity index (χ2v) is 7.14. The van der Waals surface area contributed by atoms with Crippen molar-refractivity contribution in [1.29, 1.82) is 0 Å². The summed E-state index contributed by atoms with van der Waals surface area (Å²) in [5, 5.41) is 9.32. The number of carboxylic acids is 1. The number of carbonyl (C=O) groups is 3. The fourth-order valence-electron chi connectivity index (χ4n) is 3.37. The lowest BCUT2D eigenvalue weighted by atomic mass is 9.70. The molecule has 1 aliphatic heterocycles. The highest BCUT2D eigenvalue weighted by Gasteiger charge is 2.52. The predicted octanol–water partition coefficient (Wildman–Crippen LogP) is 2.07. The van der Waals surface area contributed by atoms with Gasteiger partial charge in [0.2, 0.25) is 0 Å². The molecule has 6 nitrogen and oxygen atoms in total. The molecule has 2 rings (SSSR count). The van der Waals surface area contributed by atoms with Gasteiger partial charge in [-0.15, -0.1) is 0 Å². The Labute approximate surface area is 124 Å². The Morgan fingerprint density at radius 2 is 1.86 bits per heavy atom. The van der Waals surface area contributed by atoms with Crippen molar-refractivity contribution < 1.29 is 24.2 Å². The highest BCUT2D eigenvalue weighted by molar-refractivity contribution is 5.89. The van der Waals surface area contributed by atoms with Crippen LogP contribution in [-0.2, 0) is 14.3 Å². The molecule has 0 unspecified atom stereocenters. The van der Waals surface area contributed by atoms with Crippen molar-refractivity contribution in [2.75, 3.05) is 13.1 Å². The molecule has 1 saturated carbocycles. The Hall–Kier alpha value is -1.59. The Morgan fingerprint density at radius 3 is 2.33 bits per heavy atom. The van der Waals surface area contributed by atoms with Gasteiger partial charge in [-0.25, -0.2) is 4.79 Å². The van der Waals surface area contributed by atoms with Crippen LogP contribution in [0.25, 0.3) is 0 Å². The largest absolute Gasteiger partial charge is 0.481 e. The zero-order chi connectivity index (χ0) is 15.8. The first-order valence-corrected chi connectivity index (χ1v) is 7.35. The molecule has 118 valence electrons. The second kappa shape index (κ2) is 5.31. The zero-order valence-corrected chi connectivity index (χ0v) is 12.8. The van der Waals surface area contributed by atoms with Gasteiger partial charge in [0.05, 0.1) is 5.92 Å². The van der Waals surface area contributed by atoms with Crippen LogP contribution in [0.5, 0.6) is 0 Å².